The van der Waals surface area contributed by atoms with E-state index in [9.17, 15) is 8.42 Å². The van der Waals surface area contributed by atoms with Crippen LogP contribution in [0.1, 0.15) is 26.7 Å². The van der Waals surface area contributed by atoms with Crippen LogP contribution < -0.4 is 4.72 Å². The Hall–Kier alpha value is -1.40. The summed E-state index contributed by atoms with van der Waals surface area (Å²) in [6.45, 7) is 7.10. The van der Waals surface area contributed by atoms with Crippen molar-refractivity contribution in [2.24, 2.45) is 0 Å². The van der Waals surface area contributed by atoms with Crippen LogP contribution in [-0.4, -0.2) is 18.9 Å². The number of benzene rings is 1. The third-order valence-corrected chi connectivity index (χ3v) is 3.97. The molecule has 98 valence electrons. The van der Waals surface area contributed by atoms with E-state index in [1.165, 1.54) is 12.1 Å². The van der Waals surface area contributed by atoms with Crippen molar-refractivity contribution in [3.05, 3.63) is 24.1 Å². The number of fused-ring (bicyclic) bond motifs is 1. The summed E-state index contributed by atoms with van der Waals surface area (Å²) in [6, 6.07) is 4.66. The van der Waals surface area contributed by atoms with Crippen LogP contribution in [0.2, 0.25) is 0 Å². The summed E-state index contributed by atoms with van der Waals surface area (Å²) >= 11 is 0. The highest BCUT2D eigenvalue weighted by Crippen LogP contribution is 2.20. The molecule has 5 nitrogen and oxygen atoms in total. The van der Waals surface area contributed by atoms with Crippen LogP contribution in [0.4, 0.5) is 0 Å². The van der Waals surface area contributed by atoms with Crippen LogP contribution >= 0.6 is 0 Å². The van der Waals surface area contributed by atoms with Crippen LogP contribution in [-0.2, 0) is 10.0 Å². The molecule has 0 saturated carbocycles. The van der Waals surface area contributed by atoms with Crippen molar-refractivity contribution in [1.29, 1.82) is 0 Å². The number of hydrogen-bond acceptors (Lipinski definition) is 4. The van der Waals surface area contributed by atoms with E-state index in [4.69, 9.17) is 4.42 Å². The molecule has 6 heteroatoms. The molecule has 0 aliphatic rings. The largest absolute Gasteiger partial charge is 0.441 e. The minimum Gasteiger partial charge on any atom is -0.441 e. The lowest BCUT2D eigenvalue weighted by Crippen LogP contribution is -2.40. The molecular formula is C12H16N2O3S. The zero-order valence-corrected chi connectivity index (χ0v) is 11.6. The number of oxazole rings is 1. The zero-order valence-electron chi connectivity index (χ0n) is 10.8. The van der Waals surface area contributed by atoms with E-state index in [2.05, 4.69) is 9.71 Å². The topological polar surface area (TPSA) is 72.2 Å². The first-order valence-corrected chi connectivity index (χ1v) is 7.07. The summed E-state index contributed by atoms with van der Waals surface area (Å²) in [5.74, 6) is 0.517. The second-order valence-electron chi connectivity index (χ2n) is 5.22. The Kier molecular flexibility index (Phi) is 2.95. The highest BCUT2D eigenvalue weighted by atomic mass is 32.2. The third-order valence-electron chi connectivity index (χ3n) is 2.22. The normalized spacial score (nSPS) is 13.1. The summed E-state index contributed by atoms with van der Waals surface area (Å²) < 4.78 is 32.2. The summed E-state index contributed by atoms with van der Waals surface area (Å²) in [7, 11) is -3.54. The molecule has 2 aromatic rings. The van der Waals surface area contributed by atoms with Gasteiger partial charge >= 0.3 is 0 Å². The van der Waals surface area contributed by atoms with E-state index < -0.39 is 15.6 Å². The molecule has 1 heterocycles. The van der Waals surface area contributed by atoms with Crippen LogP contribution in [0.3, 0.4) is 0 Å². The number of rotatable bonds is 2. The van der Waals surface area contributed by atoms with E-state index >= 15 is 0 Å². The maximum Gasteiger partial charge on any atom is 0.241 e. The number of sulfonamides is 1. The SMILES string of the molecule is Cc1nc2ccc(S(=O)(=O)NC(C)(C)C)cc2o1. The zero-order chi connectivity index (χ0) is 13.6. The predicted octanol–water partition coefficient (Wildman–Crippen LogP) is 2.21. The van der Waals surface area contributed by atoms with E-state index in [0.717, 1.165) is 0 Å². The maximum atomic E-state index is 12.1. The smallest absolute Gasteiger partial charge is 0.241 e. The van der Waals surface area contributed by atoms with Gasteiger partial charge in [-0.15, -0.1) is 0 Å². The van der Waals surface area contributed by atoms with Gasteiger partial charge in [0, 0.05) is 18.5 Å². The number of nitrogens with one attached hydrogen (secondary N) is 1. The van der Waals surface area contributed by atoms with E-state index in [1.807, 2.05) is 0 Å². The van der Waals surface area contributed by atoms with Crippen LogP contribution in [0.5, 0.6) is 0 Å². The van der Waals surface area contributed by atoms with Gasteiger partial charge in [-0.3, -0.25) is 0 Å². The monoisotopic (exact) mass is 268 g/mol. The number of aryl methyl sites for hydroxylation is 1. The Morgan fingerprint density at radius 1 is 1.28 bits per heavy atom. The third kappa shape index (κ3) is 2.70. The van der Waals surface area contributed by atoms with Crippen LogP contribution in [0.25, 0.3) is 11.1 Å². The minimum absolute atomic E-state index is 0.182. The molecule has 1 aromatic carbocycles. The van der Waals surface area contributed by atoms with Gasteiger partial charge in [-0.2, -0.15) is 0 Å². The van der Waals surface area contributed by atoms with Crippen molar-refractivity contribution in [2.45, 2.75) is 38.1 Å². The van der Waals surface area contributed by atoms with Gasteiger partial charge in [0.25, 0.3) is 0 Å². The average molecular weight is 268 g/mol. The van der Waals surface area contributed by atoms with Gasteiger partial charge in [-0.1, -0.05) is 0 Å². The Balaban J connectivity index is 2.47. The Morgan fingerprint density at radius 2 is 1.94 bits per heavy atom. The molecule has 1 N–H and O–H groups in total. The maximum absolute atomic E-state index is 12.1. The van der Waals surface area contributed by atoms with E-state index in [-0.39, 0.29) is 4.90 Å². The Morgan fingerprint density at radius 3 is 2.56 bits per heavy atom. The Bertz CT molecular complexity index is 681. The second kappa shape index (κ2) is 4.07. The number of aromatic nitrogens is 1. The van der Waals surface area contributed by atoms with E-state index in [1.54, 1.807) is 33.8 Å². The quantitative estimate of drug-likeness (QED) is 0.906. The van der Waals surface area contributed by atoms with Crippen molar-refractivity contribution in [3.63, 3.8) is 0 Å². The molecule has 0 atom stereocenters. The molecule has 2 rings (SSSR count). The van der Waals surface area contributed by atoms with Crippen molar-refractivity contribution < 1.29 is 12.8 Å². The van der Waals surface area contributed by atoms with Crippen LogP contribution in [0.15, 0.2) is 27.5 Å². The molecule has 0 fully saturated rings. The highest BCUT2D eigenvalue weighted by Gasteiger charge is 2.22. The molecule has 0 unspecified atom stereocenters. The number of nitrogens with zero attached hydrogens (tertiary/aromatic N) is 1. The summed E-state index contributed by atoms with van der Waals surface area (Å²) in [4.78, 5) is 4.31. The molecule has 0 aliphatic carbocycles. The molecule has 0 spiro atoms. The van der Waals surface area contributed by atoms with Gasteiger partial charge < -0.3 is 4.42 Å². The fraction of sp³-hybridized carbons (Fsp3) is 0.417. The van der Waals surface area contributed by atoms with Crippen molar-refractivity contribution in [1.82, 2.24) is 9.71 Å². The molecule has 0 aliphatic heterocycles. The molecule has 18 heavy (non-hydrogen) atoms. The minimum atomic E-state index is -3.54. The lowest BCUT2D eigenvalue weighted by molar-refractivity contribution is 0.491. The van der Waals surface area contributed by atoms with Crippen molar-refractivity contribution in [2.75, 3.05) is 0 Å². The van der Waals surface area contributed by atoms with Crippen LogP contribution in [0, 0.1) is 6.92 Å². The number of hydrogen-bond donors (Lipinski definition) is 1. The van der Waals surface area contributed by atoms with Gasteiger partial charge in [0.05, 0.1) is 4.90 Å². The molecule has 0 radical (unpaired) electrons. The Labute approximate surface area is 106 Å². The summed E-state index contributed by atoms with van der Waals surface area (Å²) in [5.41, 5.74) is 0.608. The fourth-order valence-electron chi connectivity index (χ4n) is 1.65. The van der Waals surface area contributed by atoms with Gasteiger partial charge in [-0.25, -0.2) is 18.1 Å². The predicted molar refractivity (Wildman–Crippen MR) is 68.8 cm³/mol. The summed E-state index contributed by atoms with van der Waals surface area (Å²) in [5, 5.41) is 0. The molecular weight excluding hydrogens is 252 g/mol. The van der Waals surface area contributed by atoms with Gasteiger partial charge in [0.1, 0.15) is 5.52 Å². The summed E-state index contributed by atoms with van der Waals surface area (Å²) in [6.07, 6.45) is 0. The fourth-order valence-corrected chi connectivity index (χ4v) is 3.08. The first-order valence-electron chi connectivity index (χ1n) is 5.59. The first-order chi connectivity index (χ1) is 8.17. The molecule has 0 bridgehead atoms. The van der Waals surface area contributed by atoms with E-state index in [0.29, 0.717) is 17.0 Å². The van der Waals surface area contributed by atoms with Gasteiger partial charge in [0.2, 0.25) is 10.0 Å². The van der Waals surface area contributed by atoms with Crippen molar-refractivity contribution in [3.8, 4) is 0 Å². The molecule has 1 aromatic heterocycles. The highest BCUT2D eigenvalue weighted by molar-refractivity contribution is 7.89. The molecule has 0 saturated heterocycles. The second-order valence-corrected chi connectivity index (χ2v) is 6.90. The van der Waals surface area contributed by atoms with Crippen molar-refractivity contribution >= 4 is 21.1 Å². The van der Waals surface area contributed by atoms with Gasteiger partial charge in [-0.05, 0) is 32.9 Å². The molecule has 0 amide bonds. The lowest BCUT2D eigenvalue weighted by atomic mass is 10.1. The van der Waals surface area contributed by atoms with Gasteiger partial charge in [0.15, 0.2) is 11.5 Å². The standard InChI is InChI=1S/C12H16N2O3S/c1-8-13-10-6-5-9(7-11(10)17-8)18(15,16)14-12(2,3)4/h5-7,14H,1-4H3. The lowest BCUT2D eigenvalue weighted by Gasteiger charge is -2.20. The average Bonchev–Trinajstić information content (AvgIpc) is 2.52. The first kappa shape index (κ1) is 13.0.